The lowest BCUT2D eigenvalue weighted by molar-refractivity contribution is -0.127. The van der Waals surface area contributed by atoms with Crippen LogP contribution in [0.3, 0.4) is 0 Å². The van der Waals surface area contributed by atoms with Gasteiger partial charge in [0.25, 0.3) is 0 Å². The molecule has 126 valence electrons. The molecule has 1 aromatic rings. The first-order chi connectivity index (χ1) is 11.1. The molecule has 1 amide bonds. The Balaban J connectivity index is 1.74. The molecule has 1 unspecified atom stereocenters. The fourth-order valence-corrected chi connectivity index (χ4v) is 3.97. The van der Waals surface area contributed by atoms with E-state index < -0.39 is 0 Å². The molecule has 1 aromatic carbocycles. The molecule has 2 aliphatic rings. The van der Waals surface area contributed by atoms with Crippen LogP contribution in [0.4, 0.5) is 0 Å². The van der Waals surface area contributed by atoms with E-state index in [1.807, 2.05) is 0 Å². The van der Waals surface area contributed by atoms with Gasteiger partial charge in [-0.25, -0.2) is 0 Å². The van der Waals surface area contributed by atoms with Crippen LogP contribution < -0.4 is 5.32 Å². The molecular formula is C19H29N3O. The molecule has 0 saturated carbocycles. The Morgan fingerprint density at radius 2 is 1.87 bits per heavy atom. The van der Waals surface area contributed by atoms with Crippen LogP contribution in [0.1, 0.15) is 31.2 Å². The van der Waals surface area contributed by atoms with Crippen LogP contribution in [0.25, 0.3) is 0 Å². The molecule has 3 rings (SSSR count). The number of likely N-dealkylation sites (N-methyl/N-ethyl adjacent to an activating group) is 1. The van der Waals surface area contributed by atoms with E-state index >= 15 is 0 Å². The average molecular weight is 315 g/mol. The normalized spacial score (nSPS) is 25.4. The molecule has 2 fully saturated rings. The minimum absolute atomic E-state index is 0.0577. The van der Waals surface area contributed by atoms with Crippen molar-refractivity contribution < 1.29 is 4.79 Å². The molecule has 0 radical (unpaired) electrons. The molecule has 0 aliphatic carbocycles. The maximum absolute atomic E-state index is 12.8. The molecule has 23 heavy (non-hydrogen) atoms. The van der Waals surface area contributed by atoms with Gasteiger partial charge in [-0.1, -0.05) is 30.3 Å². The third-order valence-corrected chi connectivity index (χ3v) is 5.54. The summed E-state index contributed by atoms with van der Waals surface area (Å²) in [5, 5.41) is 3.47. The van der Waals surface area contributed by atoms with Crippen molar-refractivity contribution >= 4 is 5.91 Å². The van der Waals surface area contributed by atoms with Gasteiger partial charge in [0.05, 0.1) is 6.04 Å². The van der Waals surface area contributed by atoms with Crippen molar-refractivity contribution in [3.05, 3.63) is 35.9 Å². The molecule has 1 atom stereocenters. The second-order valence-electron chi connectivity index (χ2n) is 7.37. The lowest BCUT2D eigenvalue weighted by Gasteiger charge is -2.42. The van der Waals surface area contributed by atoms with Gasteiger partial charge in [-0.15, -0.1) is 0 Å². The Morgan fingerprint density at radius 1 is 1.17 bits per heavy atom. The SMILES string of the molecule is CN1CCC(Cc2ccccc2)(NC(=O)C2CCCN2C)CC1. The second kappa shape index (κ2) is 7.02. The van der Waals surface area contributed by atoms with Crippen molar-refractivity contribution in [3.8, 4) is 0 Å². The molecule has 4 nitrogen and oxygen atoms in total. The van der Waals surface area contributed by atoms with Crippen molar-refractivity contribution in [3.63, 3.8) is 0 Å². The summed E-state index contributed by atoms with van der Waals surface area (Å²) in [5.41, 5.74) is 1.23. The van der Waals surface area contributed by atoms with Gasteiger partial charge in [-0.2, -0.15) is 0 Å². The van der Waals surface area contributed by atoms with Crippen LogP contribution >= 0.6 is 0 Å². The number of carbonyl (C=O) groups is 1. The predicted molar refractivity (Wildman–Crippen MR) is 93.4 cm³/mol. The Kier molecular flexibility index (Phi) is 5.02. The number of hydrogen-bond acceptors (Lipinski definition) is 3. The molecule has 2 saturated heterocycles. The van der Waals surface area contributed by atoms with Crippen molar-refractivity contribution in [1.29, 1.82) is 0 Å². The molecule has 2 heterocycles. The smallest absolute Gasteiger partial charge is 0.237 e. The van der Waals surface area contributed by atoms with Crippen LogP contribution in [0.15, 0.2) is 30.3 Å². The summed E-state index contributed by atoms with van der Waals surface area (Å²) in [6.45, 7) is 3.13. The number of rotatable bonds is 4. The summed E-state index contributed by atoms with van der Waals surface area (Å²) in [4.78, 5) is 17.4. The van der Waals surface area contributed by atoms with Gasteiger partial charge in [0.15, 0.2) is 0 Å². The largest absolute Gasteiger partial charge is 0.349 e. The monoisotopic (exact) mass is 315 g/mol. The topological polar surface area (TPSA) is 35.6 Å². The van der Waals surface area contributed by atoms with E-state index in [4.69, 9.17) is 0 Å². The Labute approximate surface area is 139 Å². The number of likely N-dealkylation sites (tertiary alicyclic amines) is 2. The zero-order chi connectivity index (χ0) is 16.3. The molecule has 1 N–H and O–H groups in total. The molecular weight excluding hydrogens is 286 g/mol. The maximum atomic E-state index is 12.8. The van der Waals surface area contributed by atoms with Gasteiger partial charge < -0.3 is 10.2 Å². The van der Waals surface area contributed by atoms with E-state index in [0.29, 0.717) is 0 Å². The quantitative estimate of drug-likeness (QED) is 0.922. The summed E-state index contributed by atoms with van der Waals surface area (Å²) in [6, 6.07) is 10.6. The van der Waals surface area contributed by atoms with E-state index in [0.717, 1.165) is 51.7 Å². The molecule has 4 heteroatoms. The average Bonchev–Trinajstić information content (AvgIpc) is 2.98. The fraction of sp³-hybridized carbons (Fsp3) is 0.632. The Hall–Kier alpha value is -1.39. The highest BCUT2D eigenvalue weighted by molar-refractivity contribution is 5.82. The first-order valence-corrected chi connectivity index (χ1v) is 8.83. The summed E-state index contributed by atoms with van der Waals surface area (Å²) in [5.74, 6) is 0.227. The summed E-state index contributed by atoms with van der Waals surface area (Å²) < 4.78 is 0. The number of hydrogen-bond donors (Lipinski definition) is 1. The zero-order valence-electron chi connectivity index (χ0n) is 14.4. The van der Waals surface area contributed by atoms with E-state index in [2.05, 4.69) is 59.5 Å². The van der Waals surface area contributed by atoms with Crippen LogP contribution in [0.2, 0.25) is 0 Å². The van der Waals surface area contributed by atoms with Crippen LogP contribution in [-0.4, -0.2) is 61.0 Å². The highest BCUT2D eigenvalue weighted by Crippen LogP contribution is 2.27. The summed E-state index contributed by atoms with van der Waals surface area (Å²) in [7, 11) is 4.23. The zero-order valence-corrected chi connectivity index (χ0v) is 14.4. The van der Waals surface area contributed by atoms with Gasteiger partial charge >= 0.3 is 0 Å². The Morgan fingerprint density at radius 3 is 2.48 bits per heavy atom. The minimum Gasteiger partial charge on any atom is -0.349 e. The van der Waals surface area contributed by atoms with Gasteiger partial charge in [-0.3, -0.25) is 9.69 Å². The van der Waals surface area contributed by atoms with Crippen molar-refractivity contribution in [2.45, 2.75) is 43.7 Å². The van der Waals surface area contributed by atoms with Crippen LogP contribution in [0, 0.1) is 0 Å². The third kappa shape index (κ3) is 3.93. The molecule has 2 aliphatic heterocycles. The fourth-order valence-electron chi connectivity index (χ4n) is 3.97. The van der Waals surface area contributed by atoms with Crippen LogP contribution in [0.5, 0.6) is 0 Å². The van der Waals surface area contributed by atoms with Crippen molar-refractivity contribution in [2.24, 2.45) is 0 Å². The Bertz CT molecular complexity index is 523. The van der Waals surface area contributed by atoms with E-state index in [9.17, 15) is 4.79 Å². The van der Waals surface area contributed by atoms with Crippen molar-refractivity contribution in [2.75, 3.05) is 33.7 Å². The van der Waals surface area contributed by atoms with E-state index in [-0.39, 0.29) is 17.5 Å². The highest BCUT2D eigenvalue weighted by Gasteiger charge is 2.38. The standard InChI is InChI=1S/C19H29N3O/c1-21-13-10-19(11-14-21,15-16-7-4-3-5-8-16)20-18(23)17-9-6-12-22(17)2/h3-5,7-8,17H,6,9-15H2,1-2H3,(H,20,23). The number of carbonyl (C=O) groups excluding carboxylic acids is 1. The number of amides is 1. The lowest BCUT2D eigenvalue weighted by atomic mass is 9.81. The minimum atomic E-state index is -0.0889. The summed E-state index contributed by atoms with van der Waals surface area (Å²) >= 11 is 0. The second-order valence-corrected chi connectivity index (χ2v) is 7.37. The number of piperidine rings is 1. The molecule has 0 bridgehead atoms. The van der Waals surface area contributed by atoms with E-state index in [1.54, 1.807) is 0 Å². The number of nitrogens with zero attached hydrogens (tertiary/aromatic N) is 2. The predicted octanol–water partition coefficient (Wildman–Crippen LogP) is 1.90. The van der Waals surface area contributed by atoms with Gasteiger partial charge in [0.2, 0.25) is 5.91 Å². The van der Waals surface area contributed by atoms with Gasteiger partial charge in [-0.05, 0) is 58.3 Å². The highest BCUT2D eigenvalue weighted by atomic mass is 16.2. The van der Waals surface area contributed by atoms with E-state index in [1.165, 1.54) is 5.56 Å². The first-order valence-electron chi connectivity index (χ1n) is 8.83. The first kappa shape index (κ1) is 16.5. The van der Waals surface area contributed by atoms with Gasteiger partial charge in [0, 0.05) is 18.6 Å². The molecule has 0 spiro atoms. The maximum Gasteiger partial charge on any atom is 0.237 e. The lowest BCUT2D eigenvalue weighted by Crippen LogP contribution is -2.59. The molecule has 0 aromatic heterocycles. The van der Waals surface area contributed by atoms with Crippen LogP contribution in [-0.2, 0) is 11.2 Å². The number of benzene rings is 1. The number of nitrogens with one attached hydrogen (secondary N) is 1. The van der Waals surface area contributed by atoms with Crippen molar-refractivity contribution in [1.82, 2.24) is 15.1 Å². The third-order valence-electron chi connectivity index (χ3n) is 5.54. The summed E-state index contributed by atoms with van der Waals surface area (Å²) in [6.07, 6.45) is 5.11. The van der Waals surface area contributed by atoms with Gasteiger partial charge in [0.1, 0.15) is 0 Å².